The van der Waals surface area contributed by atoms with Crippen LogP contribution in [0.25, 0.3) is 0 Å². The fraction of sp³-hybridized carbons (Fsp3) is 0.500. The van der Waals surface area contributed by atoms with Gasteiger partial charge in [-0.3, -0.25) is 14.9 Å². The number of carbonyl (C=O) groups excluding carboxylic acids is 1. The Balaban J connectivity index is 2.16. The minimum Gasteiger partial charge on any atom is -0.330 e. The molecule has 108 valence electrons. The third kappa shape index (κ3) is 2.80. The van der Waals surface area contributed by atoms with Gasteiger partial charge in [-0.15, -0.1) is 0 Å². The molecule has 1 aliphatic rings. The standard InChI is InChI=1S/C14H19N3O3/c1-9-12(6-3-7-13(9)17(19)20)16-14(18)11-5-2-4-10(11)8-15/h3,6-7,10-11H,2,4-5,8,15H2,1H3,(H,16,18). The summed E-state index contributed by atoms with van der Waals surface area (Å²) in [5, 5.41) is 13.7. The molecule has 0 aromatic heterocycles. The van der Waals surface area contributed by atoms with Gasteiger partial charge in [0.15, 0.2) is 0 Å². The van der Waals surface area contributed by atoms with Gasteiger partial charge in [-0.1, -0.05) is 12.5 Å². The summed E-state index contributed by atoms with van der Waals surface area (Å²) in [5.74, 6) is 0.0502. The van der Waals surface area contributed by atoms with Crippen molar-refractivity contribution in [2.45, 2.75) is 26.2 Å². The molecule has 1 fully saturated rings. The summed E-state index contributed by atoms with van der Waals surface area (Å²) >= 11 is 0. The molecule has 0 heterocycles. The molecule has 3 N–H and O–H groups in total. The van der Waals surface area contributed by atoms with Crippen molar-refractivity contribution in [1.82, 2.24) is 0 Å². The second kappa shape index (κ2) is 6.00. The maximum absolute atomic E-state index is 12.3. The lowest BCUT2D eigenvalue weighted by Gasteiger charge is -2.18. The first kappa shape index (κ1) is 14.5. The highest BCUT2D eigenvalue weighted by Crippen LogP contribution is 2.33. The average Bonchev–Trinajstić information content (AvgIpc) is 2.89. The fourth-order valence-electron chi connectivity index (χ4n) is 2.85. The first-order valence-electron chi connectivity index (χ1n) is 6.79. The number of hydrogen-bond acceptors (Lipinski definition) is 4. The van der Waals surface area contributed by atoms with E-state index >= 15 is 0 Å². The highest BCUT2D eigenvalue weighted by atomic mass is 16.6. The Morgan fingerprint density at radius 2 is 2.25 bits per heavy atom. The molecule has 6 heteroatoms. The molecule has 1 aromatic carbocycles. The first-order chi connectivity index (χ1) is 9.54. The Labute approximate surface area is 117 Å². The number of carbonyl (C=O) groups is 1. The number of nitrogens with one attached hydrogen (secondary N) is 1. The van der Waals surface area contributed by atoms with Crippen LogP contribution >= 0.6 is 0 Å². The lowest BCUT2D eigenvalue weighted by Crippen LogP contribution is -2.30. The Morgan fingerprint density at radius 1 is 1.50 bits per heavy atom. The van der Waals surface area contributed by atoms with Crippen molar-refractivity contribution in [3.05, 3.63) is 33.9 Å². The van der Waals surface area contributed by atoms with Gasteiger partial charge in [-0.25, -0.2) is 0 Å². The number of nitro benzene ring substituents is 1. The second-order valence-corrected chi connectivity index (χ2v) is 5.23. The lowest BCUT2D eigenvalue weighted by molar-refractivity contribution is -0.385. The molecule has 20 heavy (non-hydrogen) atoms. The number of rotatable bonds is 4. The van der Waals surface area contributed by atoms with E-state index in [1.165, 1.54) is 6.07 Å². The Hall–Kier alpha value is -1.95. The summed E-state index contributed by atoms with van der Waals surface area (Å²) in [7, 11) is 0. The Kier molecular flexibility index (Phi) is 4.34. The summed E-state index contributed by atoms with van der Waals surface area (Å²) in [5.41, 5.74) is 6.68. The summed E-state index contributed by atoms with van der Waals surface area (Å²) in [6, 6.07) is 4.70. The molecule has 0 saturated heterocycles. The van der Waals surface area contributed by atoms with E-state index in [1.54, 1.807) is 19.1 Å². The van der Waals surface area contributed by atoms with Crippen molar-refractivity contribution >= 4 is 17.3 Å². The highest BCUT2D eigenvalue weighted by Gasteiger charge is 2.32. The van der Waals surface area contributed by atoms with Gasteiger partial charge in [-0.05, 0) is 38.3 Å². The SMILES string of the molecule is Cc1c(NC(=O)C2CCCC2CN)cccc1[N+](=O)[O-]. The van der Waals surface area contributed by atoms with E-state index in [2.05, 4.69) is 5.32 Å². The maximum atomic E-state index is 12.3. The predicted octanol–water partition coefficient (Wildman–Crippen LogP) is 2.22. The van der Waals surface area contributed by atoms with Crippen LogP contribution in [0.1, 0.15) is 24.8 Å². The number of benzene rings is 1. The number of nitrogens with zero attached hydrogens (tertiary/aromatic N) is 1. The van der Waals surface area contributed by atoms with Gasteiger partial charge in [0.25, 0.3) is 5.69 Å². The number of amides is 1. The van der Waals surface area contributed by atoms with Crippen LogP contribution in [0.3, 0.4) is 0 Å². The monoisotopic (exact) mass is 277 g/mol. The smallest absolute Gasteiger partial charge is 0.274 e. The third-order valence-electron chi connectivity index (χ3n) is 4.06. The largest absolute Gasteiger partial charge is 0.330 e. The van der Waals surface area contributed by atoms with Crippen molar-refractivity contribution in [3.63, 3.8) is 0 Å². The molecule has 1 saturated carbocycles. The Bertz CT molecular complexity index is 530. The molecule has 2 unspecified atom stereocenters. The van der Waals surface area contributed by atoms with Crippen molar-refractivity contribution in [2.24, 2.45) is 17.6 Å². The summed E-state index contributed by atoms with van der Waals surface area (Å²) < 4.78 is 0. The van der Waals surface area contributed by atoms with Gasteiger partial charge >= 0.3 is 0 Å². The first-order valence-corrected chi connectivity index (χ1v) is 6.79. The van der Waals surface area contributed by atoms with E-state index in [0.717, 1.165) is 19.3 Å². The van der Waals surface area contributed by atoms with Gasteiger partial charge < -0.3 is 11.1 Å². The van der Waals surface area contributed by atoms with Crippen molar-refractivity contribution in [3.8, 4) is 0 Å². The lowest BCUT2D eigenvalue weighted by atomic mass is 9.95. The Morgan fingerprint density at radius 3 is 2.90 bits per heavy atom. The minimum atomic E-state index is -0.441. The van der Waals surface area contributed by atoms with Crippen LogP contribution in [0.5, 0.6) is 0 Å². The summed E-state index contributed by atoms with van der Waals surface area (Å²) in [6.07, 6.45) is 2.82. The van der Waals surface area contributed by atoms with Gasteiger partial charge in [0.05, 0.1) is 16.2 Å². The van der Waals surface area contributed by atoms with Gasteiger partial charge in [0.2, 0.25) is 5.91 Å². The van der Waals surface area contributed by atoms with Gasteiger partial charge in [0.1, 0.15) is 0 Å². The average molecular weight is 277 g/mol. The van der Waals surface area contributed by atoms with Crippen LogP contribution < -0.4 is 11.1 Å². The van der Waals surface area contributed by atoms with E-state index in [-0.39, 0.29) is 23.4 Å². The normalized spacial score (nSPS) is 21.7. The van der Waals surface area contributed by atoms with E-state index in [4.69, 9.17) is 5.73 Å². The molecular weight excluding hydrogens is 258 g/mol. The van der Waals surface area contributed by atoms with Gasteiger partial charge in [0, 0.05) is 12.0 Å². The van der Waals surface area contributed by atoms with Crippen LogP contribution in [0.4, 0.5) is 11.4 Å². The van der Waals surface area contributed by atoms with E-state index in [0.29, 0.717) is 17.8 Å². The van der Waals surface area contributed by atoms with E-state index < -0.39 is 4.92 Å². The molecular formula is C14H19N3O3. The van der Waals surface area contributed by atoms with Crippen molar-refractivity contribution < 1.29 is 9.72 Å². The molecule has 0 radical (unpaired) electrons. The highest BCUT2D eigenvalue weighted by molar-refractivity contribution is 5.94. The number of hydrogen-bond donors (Lipinski definition) is 2. The second-order valence-electron chi connectivity index (χ2n) is 5.23. The molecule has 1 amide bonds. The predicted molar refractivity (Wildman–Crippen MR) is 76.3 cm³/mol. The number of nitro groups is 1. The molecule has 2 atom stereocenters. The van der Waals surface area contributed by atoms with Crippen LogP contribution in [0.15, 0.2) is 18.2 Å². The fourth-order valence-corrected chi connectivity index (χ4v) is 2.85. The van der Waals surface area contributed by atoms with Crippen molar-refractivity contribution in [2.75, 3.05) is 11.9 Å². The van der Waals surface area contributed by atoms with Gasteiger partial charge in [-0.2, -0.15) is 0 Å². The number of nitrogens with two attached hydrogens (primary N) is 1. The van der Waals surface area contributed by atoms with Crippen LogP contribution in [-0.2, 0) is 4.79 Å². The van der Waals surface area contributed by atoms with Crippen LogP contribution in [0.2, 0.25) is 0 Å². The zero-order valence-corrected chi connectivity index (χ0v) is 11.5. The van der Waals surface area contributed by atoms with E-state index in [1.807, 2.05) is 0 Å². The minimum absolute atomic E-state index is 0.0181. The zero-order valence-electron chi connectivity index (χ0n) is 11.5. The molecule has 0 bridgehead atoms. The topological polar surface area (TPSA) is 98.3 Å². The molecule has 1 aromatic rings. The zero-order chi connectivity index (χ0) is 14.7. The van der Waals surface area contributed by atoms with Crippen molar-refractivity contribution in [1.29, 1.82) is 0 Å². The third-order valence-corrected chi connectivity index (χ3v) is 4.06. The molecule has 0 aliphatic heterocycles. The number of anilines is 1. The molecule has 0 spiro atoms. The summed E-state index contributed by atoms with van der Waals surface area (Å²) in [6.45, 7) is 2.15. The van der Waals surface area contributed by atoms with Crippen LogP contribution in [-0.4, -0.2) is 17.4 Å². The molecule has 2 rings (SSSR count). The van der Waals surface area contributed by atoms with Crippen LogP contribution in [0, 0.1) is 28.9 Å². The molecule has 1 aliphatic carbocycles. The van der Waals surface area contributed by atoms with E-state index in [9.17, 15) is 14.9 Å². The summed E-state index contributed by atoms with van der Waals surface area (Å²) in [4.78, 5) is 22.7. The maximum Gasteiger partial charge on any atom is 0.274 e. The quantitative estimate of drug-likeness (QED) is 0.651. The molecule has 6 nitrogen and oxygen atoms in total.